The zero-order valence-electron chi connectivity index (χ0n) is 10.8. The molecule has 0 aliphatic heterocycles. The number of aliphatic hydroxyl groups is 1. The summed E-state index contributed by atoms with van der Waals surface area (Å²) in [6.45, 7) is 2.53. The highest BCUT2D eigenvalue weighted by molar-refractivity contribution is 6.30. The summed E-state index contributed by atoms with van der Waals surface area (Å²) in [6.07, 6.45) is 3.03. The van der Waals surface area contributed by atoms with E-state index in [-0.39, 0.29) is 6.04 Å². The second kappa shape index (κ2) is 6.66. The lowest BCUT2D eigenvalue weighted by atomic mass is 10.1. The average molecular weight is 277 g/mol. The molecule has 2 aromatic rings. The third kappa shape index (κ3) is 4.03. The molecule has 100 valence electrons. The van der Waals surface area contributed by atoms with Crippen LogP contribution < -0.4 is 5.32 Å². The van der Waals surface area contributed by atoms with E-state index in [1.54, 1.807) is 18.3 Å². The molecule has 0 aliphatic rings. The Morgan fingerprint density at radius 3 is 2.58 bits per heavy atom. The third-order valence-corrected chi connectivity index (χ3v) is 3.31. The van der Waals surface area contributed by atoms with Gasteiger partial charge in [-0.2, -0.15) is 0 Å². The SMILES string of the molecule is CC(NCC(O)c1ccc(Cl)cc1)c1cccnc1. The molecule has 0 fully saturated rings. The van der Waals surface area contributed by atoms with Crippen LogP contribution in [0.5, 0.6) is 0 Å². The number of aromatic nitrogens is 1. The molecule has 1 aromatic carbocycles. The first-order chi connectivity index (χ1) is 9.16. The number of aliphatic hydroxyl groups excluding tert-OH is 1. The summed E-state index contributed by atoms with van der Waals surface area (Å²) in [7, 11) is 0. The predicted molar refractivity (Wildman–Crippen MR) is 77.1 cm³/mol. The molecule has 0 aliphatic carbocycles. The van der Waals surface area contributed by atoms with Crippen molar-refractivity contribution in [2.24, 2.45) is 0 Å². The summed E-state index contributed by atoms with van der Waals surface area (Å²) in [5.41, 5.74) is 1.96. The third-order valence-electron chi connectivity index (χ3n) is 3.06. The van der Waals surface area contributed by atoms with E-state index in [4.69, 9.17) is 11.6 Å². The number of nitrogens with one attached hydrogen (secondary N) is 1. The van der Waals surface area contributed by atoms with Crippen molar-refractivity contribution >= 4 is 11.6 Å². The Morgan fingerprint density at radius 2 is 1.95 bits per heavy atom. The van der Waals surface area contributed by atoms with Crippen LogP contribution in [0.25, 0.3) is 0 Å². The number of rotatable bonds is 5. The first kappa shape index (κ1) is 14.0. The maximum absolute atomic E-state index is 10.1. The van der Waals surface area contributed by atoms with Crippen LogP contribution in [0, 0.1) is 0 Å². The molecule has 2 unspecified atom stereocenters. The van der Waals surface area contributed by atoms with Crippen molar-refractivity contribution in [3.8, 4) is 0 Å². The van der Waals surface area contributed by atoms with Crippen molar-refractivity contribution in [2.45, 2.75) is 19.1 Å². The van der Waals surface area contributed by atoms with Crippen molar-refractivity contribution in [1.29, 1.82) is 0 Å². The Labute approximate surface area is 118 Å². The molecule has 2 N–H and O–H groups in total. The minimum Gasteiger partial charge on any atom is -0.387 e. The monoisotopic (exact) mass is 276 g/mol. The van der Waals surface area contributed by atoms with Crippen LogP contribution in [0.4, 0.5) is 0 Å². The van der Waals surface area contributed by atoms with Crippen molar-refractivity contribution in [3.05, 3.63) is 64.9 Å². The summed E-state index contributed by atoms with van der Waals surface area (Å²) in [4.78, 5) is 4.08. The van der Waals surface area contributed by atoms with E-state index < -0.39 is 6.10 Å². The van der Waals surface area contributed by atoms with Crippen molar-refractivity contribution < 1.29 is 5.11 Å². The number of pyridine rings is 1. The number of halogens is 1. The molecule has 1 aromatic heterocycles. The maximum Gasteiger partial charge on any atom is 0.0914 e. The van der Waals surface area contributed by atoms with Crippen molar-refractivity contribution in [2.75, 3.05) is 6.54 Å². The fourth-order valence-electron chi connectivity index (χ4n) is 1.84. The molecule has 3 nitrogen and oxygen atoms in total. The topological polar surface area (TPSA) is 45.1 Å². The molecule has 0 amide bonds. The molecule has 4 heteroatoms. The standard InChI is InChI=1S/C15H17ClN2O/c1-11(13-3-2-8-17-9-13)18-10-15(19)12-4-6-14(16)7-5-12/h2-9,11,15,18-19H,10H2,1H3. The molecule has 0 bridgehead atoms. The van der Waals surface area contributed by atoms with Crippen LogP contribution in [-0.2, 0) is 0 Å². The molecule has 0 saturated heterocycles. The van der Waals surface area contributed by atoms with Gasteiger partial charge < -0.3 is 10.4 Å². The Bertz CT molecular complexity index is 501. The molecule has 0 saturated carbocycles. The lowest BCUT2D eigenvalue weighted by Gasteiger charge is -2.17. The highest BCUT2D eigenvalue weighted by Gasteiger charge is 2.10. The van der Waals surface area contributed by atoms with Gasteiger partial charge >= 0.3 is 0 Å². The van der Waals surface area contributed by atoms with Crippen LogP contribution in [0.3, 0.4) is 0 Å². The van der Waals surface area contributed by atoms with Gasteiger partial charge in [0.25, 0.3) is 0 Å². The number of nitrogens with zero attached hydrogens (tertiary/aromatic N) is 1. The van der Waals surface area contributed by atoms with Crippen LogP contribution >= 0.6 is 11.6 Å². The van der Waals surface area contributed by atoms with E-state index in [9.17, 15) is 5.11 Å². The van der Waals surface area contributed by atoms with Crippen molar-refractivity contribution in [1.82, 2.24) is 10.3 Å². The van der Waals surface area contributed by atoms with Crippen molar-refractivity contribution in [3.63, 3.8) is 0 Å². The van der Waals surface area contributed by atoms with Crippen LogP contribution in [0.15, 0.2) is 48.8 Å². The van der Waals surface area contributed by atoms with Gasteiger partial charge in [-0.25, -0.2) is 0 Å². The van der Waals surface area contributed by atoms with E-state index >= 15 is 0 Å². The smallest absolute Gasteiger partial charge is 0.0914 e. The van der Waals surface area contributed by atoms with Gasteiger partial charge in [-0.15, -0.1) is 0 Å². The van der Waals surface area contributed by atoms with E-state index in [0.717, 1.165) is 11.1 Å². The van der Waals surface area contributed by atoms with Gasteiger partial charge in [0.2, 0.25) is 0 Å². The second-order valence-electron chi connectivity index (χ2n) is 4.48. The van der Waals surface area contributed by atoms with Gasteiger partial charge in [0.15, 0.2) is 0 Å². The summed E-state index contributed by atoms with van der Waals surface area (Å²) >= 11 is 5.82. The van der Waals surface area contributed by atoms with Crippen LogP contribution in [0.2, 0.25) is 5.02 Å². The van der Waals surface area contributed by atoms with Gasteiger partial charge in [0.05, 0.1) is 6.10 Å². The second-order valence-corrected chi connectivity index (χ2v) is 4.92. The summed E-state index contributed by atoms with van der Waals surface area (Å²) in [5.74, 6) is 0. The largest absolute Gasteiger partial charge is 0.387 e. The van der Waals surface area contributed by atoms with Crippen LogP contribution in [0.1, 0.15) is 30.2 Å². The van der Waals surface area contributed by atoms with Crippen LogP contribution in [-0.4, -0.2) is 16.6 Å². The molecule has 0 radical (unpaired) electrons. The van der Waals surface area contributed by atoms with Gasteiger partial charge in [0, 0.05) is 30.0 Å². The zero-order valence-corrected chi connectivity index (χ0v) is 11.5. The van der Waals surface area contributed by atoms with Gasteiger partial charge in [-0.1, -0.05) is 29.8 Å². The zero-order chi connectivity index (χ0) is 13.7. The Kier molecular flexibility index (Phi) is 4.91. The van der Waals surface area contributed by atoms with Gasteiger partial charge in [0.1, 0.15) is 0 Å². The molecule has 1 heterocycles. The normalized spacial score (nSPS) is 14.1. The molecule has 0 spiro atoms. The first-order valence-corrected chi connectivity index (χ1v) is 6.61. The van der Waals surface area contributed by atoms with E-state index in [1.807, 2.05) is 37.4 Å². The quantitative estimate of drug-likeness (QED) is 0.882. The number of hydrogen-bond donors (Lipinski definition) is 2. The fraction of sp³-hybridized carbons (Fsp3) is 0.267. The molecule has 19 heavy (non-hydrogen) atoms. The molecule has 2 atom stereocenters. The number of benzene rings is 1. The highest BCUT2D eigenvalue weighted by atomic mass is 35.5. The maximum atomic E-state index is 10.1. The Balaban J connectivity index is 1.90. The average Bonchev–Trinajstić information content (AvgIpc) is 2.46. The lowest BCUT2D eigenvalue weighted by Crippen LogP contribution is -2.24. The number of hydrogen-bond acceptors (Lipinski definition) is 3. The minimum atomic E-state index is -0.545. The Morgan fingerprint density at radius 1 is 1.21 bits per heavy atom. The van der Waals surface area contributed by atoms with Gasteiger partial charge in [-0.05, 0) is 36.2 Å². The molecular formula is C15H17ClN2O. The molecule has 2 rings (SSSR count). The summed E-state index contributed by atoms with van der Waals surface area (Å²) < 4.78 is 0. The van der Waals surface area contributed by atoms with Gasteiger partial charge in [-0.3, -0.25) is 4.98 Å². The predicted octanol–water partition coefficient (Wildman–Crippen LogP) is 3.12. The fourth-order valence-corrected chi connectivity index (χ4v) is 1.97. The van der Waals surface area contributed by atoms with E-state index in [2.05, 4.69) is 10.3 Å². The lowest BCUT2D eigenvalue weighted by molar-refractivity contribution is 0.171. The Hall–Kier alpha value is -1.42. The van der Waals surface area contributed by atoms with E-state index in [1.165, 1.54) is 0 Å². The molecular weight excluding hydrogens is 260 g/mol. The highest BCUT2D eigenvalue weighted by Crippen LogP contribution is 2.17. The summed E-state index contributed by atoms with van der Waals surface area (Å²) in [5, 5.41) is 14.0. The summed E-state index contributed by atoms with van der Waals surface area (Å²) in [6, 6.07) is 11.3. The minimum absolute atomic E-state index is 0.149. The van der Waals surface area contributed by atoms with E-state index in [0.29, 0.717) is 11.6 Å². The first-order valence-electron chi connectivity index (χ1n) is 6.23.